The van der Waals surface area contributed by atoms with Crippen molar-refractivity contribution < 1.29 is 19.1 Å². The molecule has 1 N–H and O–H groups in total. The Kier molecular flexibility index (Phi) is 6.91. The fourth-order valence-corrected chi connectivity index (χ4v) is 2.47. The van der Waals surface area contributed by atoms with Gasteiger partial charge in [-0.05, 0) is 43.0 Å². The molecule has 5 heteroatoms. The third kappa shape index (κ3) is 5.93. The van der Waals surface area contributed by atoms with Gasteiger partial charge in [0.25, 0.3) is 0 Å². The quantitative estimate of drug-likeness (QED) is 0.559. The minimum Gasteiger partial charge on any atom is -0.494 e. The van der Waals surface area contributed by atoms with Crippen molar-refractivity contribution in [1.82, 2.24) is 0 Å². The van der Waals surface area contributed by atoms with E-state index in [4.69, 9.17) is 9.47 Å². The molecule has 1 aliphatic rings. The van der Waals surface area contributed by atoms with Gasteiger partial charge in [0, 0.05) is 18.5 Å². The molecule has 0 unspecified atom stereocenters. The monoisotopic (exact) mass is 319 g/mol. The average Bonchev–Trinajstić information content (AvgIpc) is 2.55. The average molecular weight is 319 g/mol. The van der Waals surface area contributed by atoms with Crippen LogP contribution in [0.3, 0.4) is 0 Å². The van der Waals surface area contributed by atoms with Crippen LogP contribution >= 0.6 is 0 Å². The summed E-state index contributed by atoms with van der Waals surface area (Å²) in [4.78, 5) is 22.8. The first-order chi connectivity index (χ1) is 11.2. The number of esters is 1. The predicted molar refractivity (Wildman–Crippen MR) is 88.6 cm³/mol. The van der Waals surface area contributed by atoms with E-state index in [2.05, 4.69) is 12.2 Å². The lowest BCUT2D eigenvalue weighted by Crippen LogP contribution is -2.18. The van der Waals surface area contributed by atoms with E-state index in [1.807, 2.05) is 18.2 Å². The van der Waals surface area contributed by atoms with Crippen molar-refractivity contribution >= 4 is 17.6 Å². The Morgan fingerprint density at radius 3 is 2.87 bits per heavy atom. The van der Waals surface area contributed by atoms with Crippen molar-refractivity contribution in [2.45, 2.75) is 51.9 Å². The third-order valence-corrected chi connectivity index (χ3v) is 3.78. The highest BCUT2D eigenvalue weighted by atomic mass is 16.5. The van der Waals surface area contributed by atoms with Crippen LogP contribution in [0, 0.1) is 0 Å². The number of aryl methyl sites for hydroxylation is 1. The molecule has 2 rings (SSSR count). The largest absolute Gasteiger partial charge is 0.494 e. The lowest BCUT2D eigenvalue weighted by Gasteiger charge is -2.17. The Morgan fingerprint density at radius 1 is 1.17 bits per heavy atom. The van der Waals surface area contributed by atoms with Crippen molar-refractivity contribution in [1.29, 1.82) is 0 Å². The molecule has 1 aliphatic heterocycles. The highest BCUT2D eigenvalue weighted by Crippen LogP contribution is 2.26. The zero-order valence-corrected chi connectivity index (χ0v) is 13.7. The van der Waals surface area contributed by atoms with E-state index in [1.165, 1.54) is 0 Å². The molecule has 0 radical (unpaired) electrons. The number of hydrogen-bond acceptors (Lipinski definition) is 4. The summed E-state index contributed by atoms with van der Waals surface area (Å²) in [6.07, 6.45) is 5.42. The fourth-order valence-electron chi connectivity index (χ4n) is 2.47. The molecule has 0 fully saturated rings. The van der Waals surface area contributed by atoms with Crippen LogP contribution < -0.4 is 10.1 Å². The first kappa shape index (κ1) is 17.3. The first-order valence-electron chi connectivity index (χ1n) is 8.40. The molecule has 0 aliphatic carbocycles. The first-order valence-corrected chi connectivity index (χ1v) is 8.40. The number of rotatable bonds is 9. The fraction of sp³-hybridized carbons (Fsp3) is 0.556. The summed E-state index contributed by atoms with van der Waals surface area (Å²) in [5, 5.41) is 2.84. The van der Waals surface area contributed by atoms with E-state index >= 15 is 0 Å². The van der Waals surface area contributed by atoms with E-state index in [0.29, 0.717) is 32.5 Å². The Morgan fingerprint density at radius 2 is 2.04 bits per heavy atom. The smallest absolute Gasteiger partial charge is 0.305 e. The van der Waals surface area contributed by atoms with E-state index in [1.54, 1.807) is 0 Å². The zero-order valence-electron chi connectivity index (χ0n) is 13.7. The van der Waals surface area contributed by atoms with E-state index in [-0.39, 0.29) is 11.9 Å². The molecule has 0 saturated carbocycles. The van der Waals surface area contributed by atoms with Gasteiger partial charge in [0.1, 0.15) is 5.75 Å². The number of hydrogen-bond donors (Lipinski definition) is 1. The second kappa shape index (κ2) is 9.18. The van der Waals surface area contributed by atoms with Crippen molar-refractivity contribution in [3.05, 3.63) is 23.8 Å². The third-order valence-electron chi connectivity index (χ3n) is 3.78. The molecule has 0 saturated heterocycles. The topological polar surface area (TPSA) is 64.6 Å². The molecule has 0 bridgehead atoms. The van der Waals surface area contributed by atoms with E-state index < -0.39 is 0 Å². The van der Waals surface area contributed by atoms with E-state index in [0.717, 1.165) is 42.7 Å². The molecule has 0 atom stereocenters. The lowest BCUT2D eigenvalue weighted by atomic mass is 10.0. The molecule has 1 aromatic carbocycles. The standard InChI is InChI=1S/C18H25NO4/c1-2-3-4-11-23-18(21)6-5-12-22-15-8-9-16-14(13-15)7-10-17(20)19-16/h8-9,13H,2-7,10-12H2,1H3,(H,19,20). The minimum atomic E-state index is -0.155. The minimum absolute atomic E-state index is 0.0589. The van der Waals surface area contributed by atoms with Crippen LogP contribution in [0.2, 0.25) is 0 Å². The van der Waals surface area contributed by atoms with Gasteiger partial charge in [-0.15, -0.1) is 0 Å². The van der Waals surface area contributed by atoms with Crippen molar-refractivity contribution in [3.63, 3.8) is 0 Å². The van der Waals surface area contributed by atoms with Gasteiger partial charge in [0.2, 0.25) is 5.91 Å². The molecular weight excluding hydrogens is 294 g/mol. The van der Waals surface area contributed by atoms with Gasteiger partial charge >= 0.3 is 5.97 Å². The molecule has 5 nitrogen and oxygen atoms in total. The number of carbonyl (C=O) groups is 2. The Balaban J connectivity index is 1.65. The molecule has 1 heterocycles. The number of ether oxygens (including phenoxy) is 2. The summed E-state index contributed by atoms with van der Waals surface area (Å²) in [6.45, 7) is 3.12. The van der Waals surface area contributed by atoms with Crippen LogP contribution in [-0.4, -0.2) is 25.1 Å². The molecule has 0 spiro atoms. The number of benzene rings is 1. The summed E-state index contributed by atoms with van der Waals surface area (Å²) in [6, 6.07) is 5.66. The summed E-state index contributed by atoms with van der Waals surface area (Å²) in [5.41, 5.74) is 1.96. The van der Waals surface area contributed by atoms with Crippen molar-refractivity contribution in [3.8, 4) is 5.75 Å². The Bertz CT molecular complexity index is 542. The normalized spacial score (nSPS) is 13.2. The predicted octanol–water partition coefficient (Wildman–Crippen LogP) is 3.46. The van der Waals surface area contributed by atoms with Gasteiger partial charge < -0.3 is 14.8 Å². The summed E-state index contributed by atoms with van der Waals surface area (Å²) >= 11 is 0. The van der Waals surface area contributed by atoms with Crippen LogP contribution in [0.4, 0.5) is 5.69 Å². The summed E-state index contributed by atoms with van der Waals surface area (Å²) < 4.78 is 10.8. The number of unbranched alkanes of at least 4 members (excludes halogenated alkanes) is 2. The van der Waals surface area contributed by atoms with Crippen LogP contribution in [0.1, 0.15) is 51.0 Å². The van der Waals surface area contributed by atoms with Gasteiger partial charge in [-0.25, -0.2) is 0 Å². The van der Waals surface area contributed by atoms with Crippen LogP contribution in [0.15, 0.2) is 18.2 Å². The number of anilines is 1. The molecular formula is C18H25NO4. The number of fused-ring (bicyclic) bond motifs is 1. The molecule has 0 aromatic heterocycles. The maximum atomic E-state index is 11.5. The molecule has 1 aromatic rings. The Hall–Kier alpha value is -2.04. The van der Waals surface area contributed by atoms with Gasteiger partial charge in [0.15, 0.2) is 0 Å². The van der Waals surface area contributed by atoms with Gasteiger partial charge in [0.05, 0.1) is 13.2 Å². The van der Waals surface area contributed by atoms with Crippen LogP contribution in [-0.2, 0) is 20.7 Å². The molecule has 23 heavy (non-hydrogen) atoms. The van der Waals surface area contributed by atoms with Crippen molar-refractivity contribution in [2.75, 3.05) is 18.5 Å². The van der Waals surface area contributed by atoms with Crippen LogP contribution in [0.5, 0.6) is 5.75 Å². The van der Waals surface area contributed by atoms with Gasteiger partial charge in [-0.2, -0.15) is 0 Å². The zero-order chi connectivity index (χ0) is 16.5. The van der Waals surface area contributed by atoms with Gasteiger partial charge in [-0.1, -0.05) is 19.8 Å². The van der Waals surface area contributed by atoms with Crippen molar-refractivity contribution in [2.24, 2.45) is 0 Å². The van der Waals surface area contributed by atoms with Crippen LogP contribution in [0.25, 0.3) is 0 Å². The number of amides is 1. The van der Waals surface area contributed by atoms with E-state index in [9.17, 15) is 9.59 Å². The molecule has 1 amide bonds. The highest BCUT2D eigenvalue weighted by molar-refractivity contribution is 5.93. The Labute approximate surface area is 137 Å². The maximum absolute atomic E-state index is 11.5. The van der Waals surface area contributed by atoms with Gasteiger partial charge in [-0.3, -0.25) is 9.59 Å². The SMILES string of the molecule is CCCCCOC(=O)CCCOc1ccc2c(c1)CCC(=O)N2. The highest BCUT2D eigenvalue weighted by Gasteiger charge is 2.15. The second-order valence-electron chi connectivity index (χ2n) is 5.75. The lowest BCUT2D eigenvalue weighted by molar-refractivity contribution is -0.144. The number of nitrogens with one attached hydrogen (secondary N) is 1. The maximum Gasteiger partial charge on any atom is 0.305 e. The molecule has 126 valence electrons. The second-order valence-corrected chi connectivity index (χ2v) is 5.75. The summed E-state index contributed by atoms with van der Waals surface area (Å²) in [5.74, 6) is 0.678. The number of carbonyl (C=O) groups excluding carboxylic acids is 2. The summed E-state index contributed by atoms with van der Waals surface area (Å²) in [7, 11) is 0.